The van der Waals surface area contributed by atoms with E-state index in [1.54, 1.807) is 4.57 Å². The minimum absolute atomic E-state index is 0. The average Bonchev–Trinajstić information content (AvgIpc) is 3.05. The second kappa shape index (κ2) is 15.1. The van der Waals surface area contributed by atoms with Gasteiger partial charge in [-0.2, -0.15) is 0 Å². The van der Waals surface area contributed by atoms with E-state index in [1.807, 2.05) is 0 Å². The standard InChI is InChI=1S/C15H29N7O2.O.Tc/c23-22(24)15-13-21(14-19-15)12-11-20-9-2-5-17-7-6-16-3-1-4-18-8-10-20;;/h13-14,16-18H,1-12H2;;/q;-2;/i;;1+1. The van der Waals surface area contributed by atoms with Crippen LogP contribution in [-0.4, -0.2) is 78.3 Å². The third kappa shape index (κ3) is 10.3. The number of nitrogens with one attached hydrogen (secondary N) is 3. The van der Waals surface area contributed by atoms with Crippen LogP contribution in [0.4, 0.5) is 5.82 Å². The van der Waals surface area contributed by atoms with E-state index in [0.29, 0.717) is 0 Å². The summed E-state index contributed by atoms with van der Waals surface area (Å²) in [6.45, 7) is 9.70. The monoisotopic (exact) mass is 454 g/mol. The summed E-state index contributed by atoms with van der Waals surface area (Å²) in [6, 6.07) is 0. The van der Waals surface area contributed by atoms with Crippen molar-refractivity contribution in [2.45, 2.75) is 19.4 Å². The van der Waals surface area contributed by atoms with Crippen LogP contribution in [0.25, 0.3) is 0 Å². The van der Waals surface area contributed by atoms with Gasteiger partial charge in [-0.3, -0.25) is 0 Å². The maximum absolute atomic E-state index is 10.7. The van der Waals surface area contributed by atoms with E-state index in [1.165, 1.54) is 12.5 Å². The maximum atomic E-state index is 10.7. The number of hydrogen-bond acceptors (Lipinski definition) is 7. The Kier molecular flexibility index (Phi) is 14.6. The molecule has 11 heteroatoms. The van der Waals surface area contributed by atoms with Crippen LogP contribution in [0.3, 0.4) is 0 Å². The molecular weight excluding hydrogens is 425 g/mol. The zero-order chi connectivity index (χ0) is 17.0. The van der Waals surface area contributed by atoms with Crippen LogP contribution in [0.2, 0.25) is 0 Å². The summed E-state index contributed by atoms with van der Waals surface area (Å²) < 4.78 is 1.79. The summed E-state index contributed by atoms with van der Waals surface area (Å²) in [5, 5.41) is 21.0. The number of aromatic nitrogens is 2. The second-order valence-electron chi connectivity index (χ2n) is 6.03. The van der Waals surface area contributed by atoms with Crippen molar-refractivity contribution < 1.29 is 30.5 Å². The van der Waals surface area contributed by atoms with Crippen molar-refractivity contribution in [3.8, 4) is 0 Å². The van der Waals surface area contributed by atoms with E-state index in [2.05, 4.69) is 25.8 Å². The van der Waals surface area contributed by atoms with Crippen LogP contribution >= 0.6 is 0 Å². The van der Waals surface area contributed by atoms with Gasteiger partial charge in [0.2, 0.25) is 6.33 Å². The Hall–Kier alpha value is -0.941. The van der Waals surface area contributed by atoms with E-state index in [9.17, 15) is 10.1 Å². The average molecular weight is 454 g/mol. The van der Waals surface area contributed by atoms with Crippen LogP contribution in [0.15, 0.2) is 12.5 Å². The van der Waals surface area contributed by atoms with Crippen LogP contribution < -0.4 is 16.0 Å². The number of nitro groups is 1. The predicted molar refractivity (Wildman–Crippen MR) is 93.9 cm³/mol. The van der Waals surface area contributed by atoms with Gasteiger partial charge in [-0.15, -0.1) is 0 Å². The smallest absolute Gasteiger partial charge is 0.381 e. The Morgan fingerprint density at radius 1 is 1.00 bits per heavy atom. The van der Waals surface area contributed by atoms with Crippen LogP contribution in [0, 0.1) is 10.1 Å². The zero-order valence-electron chi connectivity index (χ0n) is 15.0. The number of nitrogens with zero attached hydrogens (tertiary/aromatic N) is 4. The molecule has 1 aliphatic heterocycles. The summed E-state index contributed by atoms with van der Waals surface area (Å²) in [7, 11) is 0. The van der Waals surface area contributed by atoms with Crippen LogP contribution in [0.5, 0.6) is 0 Å². The van der Waals surface area contributed by atoms with Gasteiger partial charge in [0.15, 0.2) is 0 Å². The summed E-state index contributed by atoms with van der Waals surface area (Å²) in [5.74, 6) is -0.0875. The Bertz CT molecular complexity index is 476. The van der Waals surface area contributed by atoms with Crippen molar-refractivity contribution in [3.63, 3.8) is 0 Å². The molecule has 0 aliphatic carbocycles. The molecule has 1 saturated heterocycles. The molecule has 10 nitrogen and oxygen atoms in total. The molecule has 0 saturated carbocycles. The summed E-state index contributed by atoms with van der Waals surface area (Å²) in [4.78, 5) is 16.4. The maximum Gasteiger partial charge on any atom is 0.381 e. The number of hydrogen-bond donors (Lipinski definition) is 3. The van der Waals surface area contributed by atoms with Gasteiger partial charge in [-0.05, 0) is 48.9 Å². The molecule has 26 heavy (non-hydrogen) atoms. The molecule has 0 bridgehead atoms. The van der Waals surface area contributed by atoms with Crippen LogP contribution in [0.1, 0.15) is 12.8 Å². The van der Waals surface area contributed by atoms with Crippen LogP contribution in [-0.2, 0) is 32.1 Å². The number of imidazole rings is 1. The first kappa shape index (κ1) is 25.1. The van der Waals surface area contributed by atoms with E-state index >= 15 is 0 Å². The predicted octanol–water partition coefficient (Wildman–Crippen LogP) is -0.465. The van der Waals surface area contributed by atoms with Crippen molar-refractivity contribution >= 4 is 5.82 Å². The molecule has 0 unspecified atom stereocenters. The molecule has 1 aromatic rings. The molecule has 1 aromatic heterocycles. The van der Waals surface area contributed by atoms with Crippen molar-refractivity contribution in [1.82, 2.24) is 30.4 Å². The molecule has 3 N–H and O–H groups in total. The minimum atomic E-state index is -0.456. The topological polar surface area (TPSA) is 129 Å². The van der Waals surface area contributed by atoms with Gasteiger partial charge in [0.1, 0.15) is 6.20 Å². The molecular formula is C15H29N7O3Tc-2. The quantitative estimate of drug-likeness (QED) is 0.415. The van der Waals surface area contributed by atoms with Crippen molar-refractivity contribution in [3.05, 3.63) is 22.6 Å². The van der Waals surface area contributed by atoms with Crippen molar-refractivity contribution in [2.75, 3.05) is 58.9 Å². The third-order valence-electron chi connectivity index (χ3n) is 4.10. The molecule has 1 fully saturated rings. The van der Waals surface area contributed by atoms with Gasteiger partial charge < -0.3 is 41.0 Å². The van der Waals surface area contributed by atoms with Gasteiger partial charge in [0.05, 0.1) is 0 Å². The molecule has 1 aliphatic rings. The first-order valence-electron chi connectivity index (χ1n) is 8.76. The normalized spacial score (nSPS) is 18.2. The molecule has 0 amide bonds. The fourth-order valence-corrected chi connectivity index (χ4v) is 2.71. The molecule has 0 spiro atoms. The Balaban J connectivity index is 0.00000312. The third-order valence-corrected chi connectivity index (χ3v) is 4.10. The van der Waals surface area contributed by atoms with Crippen molar-refractivity contribution in [1.29, 1.82) is 0 Å². The molecule has 0 aromatic carbocycles. The van der Waals surface area contributed by atoms with E-state index in [-0.39, 0.29) is 31.4 Å². The molecule has 2 heterocycles. The minimum Gasteiger partial charge on any atom is -2.00 e. The second-order valence-corrected chi connectivity index (χ2v) is 6.03. The molecule has 2 rings (SSSR count). The fraction of sp³-hybridized carbons (Fsp3) is 0.800. The summed E-state index contributed by atoms with van der Waals surface area (Å²) in [5.41, 5.74) is 0. The first-order valence-corrected chi connectivity index (χ1v) is 8.76. The molecule has 1 radical (unpaired) electrons. The number of rotatable bonds is 4. The Morgan fingerprint density at radius 3 is 2.31 bits per heavy atom. The van der Waals surface area contributed by atoms with Gasteiger partial charge in [-0.25, -0.2) is 0 Å². The van der Waals surface area contributed by atoms with Crippen molar-refractivity contribution in [2.24, 2.45) is 0 Å². The van der Waals surface area contributed by atoms with E-state index in [0.717, 1.165) is 78.3 Å². The zero-order valence-corrected chi connectivity index (χ0v) is 16.9. The summed E-state index contributed by atoms with van der Waals surface area (Å²) >= 11 is 0. The van der Waals surface area contributed by atoms with E-state index < -0.39 is 4.92 Å². The fourth-order valence-electron chi connectivity index (χ4n) is 2.71. The molecule has 151 valence electrons. The molecule has 0 atom stereocenters. The SMILES string of the molecule is O=[N+]([O-])c1cn(CCN2CCCNCCNCCCNCC2)cn1.[99Tc].[O-2]. The van der Waals surface area contributed by atoms with Gasteiger partial charge >= 0.3 is 5.82 Å². The Labute approximate surface area is 167 Å². The Morgan fingerprint density at radius 2 is 1.65 bits per heavy atom. The first-order chi connectivity index (χ1) is 11.8. The van der Waals surface area contributed by atoms with Gasteiger partial charge in [0.25, 0.3) is 0 Å². The van der Waals surface area contributed by atoms with E-state index in [4.69, 9.17) is 0 Å². The van der Waals surface area contributed by atoms with Gasteiger partial charge in [-0.1, -0.05) is 0 Å². The van der Waals surface area contributed by atoms with Gasteiger partial charge in [0, 0.05) is 59.4 Å². The largest absolute Gasteiger partial charge is 2.00 e. The summed E-state index contributed by atoms with van der Waals surface area (Å²) in [6.07, 6.45) is 5.27.